The van der Waals surface area contributed by atoms with Gasteiger partial charge in [0.25, 0.3) is 5.91 Å². The molecule has 1 saturated heterocycles. The highest BCUT2D eigenvalue weighted by Crippen LogP contribution is 2.25. The summed E-state index contributed by atoms with van der Waals surface area (Å²) < 4.78 is 3.82. The summed E-state index contributed by atoms with van der Waals surface area (Å²) in [5.74, 6) is 0.755. The predicted octanol–water partition coefficient (Wildman–Crippen LogP) is 4.06. The van der Waals surface area contributed by atoms with Crippen molar-refractivity contribution in [3.63, 3.8) is 0 Å². The number of likely N-dealkylation sites (tertiary alicyclic amines) is 1. The van der Waals surface area contributed by atoms with Crippen LogP contribution < -0.4 is 0 Å². The maximum absolute atomic E-state index is 13.3. The van der Waals surface area contributed by atoms with Gasteiger partial charge in [0.15, 0.2) is 0 Å². The van der Waals surface area contributed by atoms with Gasteiger partial charge in [-0.1, -0.05) is 24.6 Å². The third kappa shape index (κ3) is 3.42. The van der Waals surface area contributed by atoms with Crippen LogP contribution in [0.4, 0.5) is 0 Å². The zero-order valence-corrected chi connectivity index (χ0v) is 16.2. The van der Waals surface area contributed by atoms with Gasteiger partial charge in [-0.05, 0) is 56.0 Å². The van der Waals surface area contributed by atoms with E-state index in [-0.39, 0.29) is 5.91 Å². The lowest BCUT2D eigenvalue weighted by Gasteiger charge is -2.30. The van der Waals surface area contributed by atoms with Crippen molar-refractivity contribution in [2.75, 3.05) is 13.1 Å². The van der Waals surface area contributed by atoms with Gasteiger partial charge in [-0.3, -0.25) is 4.79 Å². The molecule has 0 atom stereocenters. The quantitative estimate of drug-likeness (QED) is 0.705. The maximum Gasteiger partial charge on any atom is 0.272 e. The first-order chi connectivity index (χ1) is 13.0. The van der Waals surface area contributed by atoms with Crippen LogP contribution in [0.1, 0.15) is 35.8 Å². The summed E-state index contributed by atoms with van der Waals surface area (Å²) in [4.78, 5) is 15.3. The summed E-state index contributed by atoms with van der Waals surface area (Å²) in [6.07, 6.45) is 4.12. The number of hydrogen-bond donors (Lipinski definition) is 0. The summed E-state index contributed by atoms with van der Waals surface area (Å²) >= 11 is 0. The zero-order chi connectivity index (χ0) is 19.0. The lowest BCUT2D eigenvalue weighted by atomic mass is 9.99. The van der Waals surface area contributed by atoms with E-state index in [4.69, 9.17) is 5.10 Å². The van der Waals surface area contributed by atoms with E-state index in [9.17, 15) is 4.79 Å². The average Bonchev–Trinajstić information content (AvgIpc) is 3.28. The van der Waals surface area contributed by atoms with Crippen LogP contribution in [-0.4, -0.2) is 38.2 Å². The normalized spacial score (nSPS) is 15.3. The number of carbonyl (C=O) groups is 1. The molecule has 27 heavy (non-hydrogen) atoms. The van der Waals surface area contributed by atoms with E-state index in [0.29, 0.717) is 11.6 Å². The number of rotatable bonds is 3. The summed E-state index contributed by atoms with van der Waals surface area (Å²) in [5, 5.41) is 4.79. The third-order valence-electron chi connectivity index (χ3n) is 5.48. The highest BCUT2D eigenvalue weighted by molar-refractivity contribution is 5.94. The van der Waals surface area contributed by atoms with Gasteiger partial charge < -0.3 is 9.47 Å². The first kappa shape index (κ1) is 17.6. The number of aryl methyl sites for hydroxylation is 2. The lowest BCUT2D eigenvalue weighted by molar-refractivity contribution is 0.0688. The number of amides is 1. The van der Waals surface area contributed by atoms with Gasteiger partial charge in [-0.25, -0.2) is 4.68 Å². The molecule has 0 saturated carbocycles. The molecule has 5 heteroatoms. The topological polar surface area (TPSA) is 43.1 Å². The molecule has 3 heterocycles. The number of nitrogens with zero attached hydrogens (tertiary/aromatic N) is 4. The number of hydrogen-bond acceptors (Lipinski definition) is 2. The highest BCUT2D eigenvalue weighted by Gasteiger charge is 2.26. The zero-order valence-electron chi connectivity index (χ0n) is 16.2. The molecule has 0 radical (unpaired) electrons. The Morgan fingerprint density at radius 2 is 1.81 bits per heavy atom. The molecule has 1 aromatic carbocycles. The molecule has 1 aliphatic heterocycles. The van der Waals surface area contributed by atoms with Gasteiger partial charge in [-0.2, -0.15) is 5.10 Å². The van der Waals surface area contributed by atoms with Crippen molar-refractivity contribution >= 4 is 5.91 Å². The highest BCUT2D eigenvalue weighted by atomic mass is 16.2. The van der Waals surface area contributed by atoms with E-state index in [1.165, 1.54) is 5.56 Å². The minimum Gasteiger partial charge on any atom is -0.349 e. The Morgan fingerprint density at radius 3 is 2.44 bits per heavy atom. The van der Waals surface area contributed by atoms with Gasteiger partial charge >= 0.3 is 0 Å². The van der Waals surface area contributed by atoms with Crippen LogP contribution in [-0.2, 0) is 7.05 Å². The molecule has 0 unspecified atom stereocenters. The standard InChI is InChI=1S/C22H26N4O/c1-16-6-8-18(9-7-16)26-21(22(27)25-13-10-17(2)11-14-25)15-19(23-26)20-5-4-12-24(20)3/h4-9,12,15,17H,10-11,13-14H2,1-3H3. The molecule has 1 amide bonds. The Morgan fingerprint density at radius 1 is 1.11 bits per heavy atom. The number of benzene rings is 1. The molecular formula is C22H26N4O. The fourth-order valence-electron chi connectivity index (χ4n) is 3.64. The molecule has 4 rings (SSSR count). The van der Waals surface area contributed by atoms with Crippen molar-refractivity contribution in [1.29, 1.82) is 0 Å². The number of piperidine rings is 1. The predicted molar refractivity (Wildman–Crippen MR) is 107 cm³/mol. The lowest BCUT2D eigenvalue weighted by Crippen LogP contribution is -2.38. The van der Waals surface area contributed by atoms with Gasteiger partial charge in [0.2, 0.25) is 0 Å². The summed E-state index contributed by atoms with van der Waals surface area (Å²) in [5.41, 5.74) is 4.55. The molecule has 140 valence electrons. The molecule has 0 N–H and O–H groups in total. The Kier molecular flexibility index (Phi) is 4.60. The van der Waals surface area contributed by atoms with Crippen molar-refractivity contribution < 1.29 is 4.79 Å². The first-order valence-corrected chi connectivity index (χ1v) is 9.61. The van der Waals surface area contributed by atoms with Crippen molar-refractivity contribution in [3.05, 3.63) is 59.9 Å². The van der Waals surface area contributed by atoms with Crippen LogP contribution in [0.5, 0.6) is 0 Å². The van der Waals surface area contributed by atoms with Crippen molar-refractivity contribution in [1.82, 2.24) is 19.2 Å². The van der Waals surface area contributed by atoms with Crippen molar-refractivity contribution in [3.8, 4) is 17.1 Å². The van der Waals surface area contributed by atoms with Crippen LogP contribution in [0.15, 0.2) is 48.7 Å². The minimum absolute atomic E-state index is 0.0652. The second-order valence-corrected chi connectivity index (χ2v) is 7.64. The second-order valence-electron chi connectivity index (χ2n) is 7.64. The van der Waals surface area contributed by atoms with Crippen LogP contribution in [0, 0.1) is 12.8 Å². The molecule has 0 spiro atoms. The Balaban J connectivity index is 1.76. The molecule has 3 aromatic rings. The van der Waals surface area contributed by atoms with E-state index >= 15 is 0 Å². The monoisotopic (exact) mass is 362 g/mol. The van der Waals surface area contributed by atoms with Crippen molar-refractivity contribution in [2.45, 2.75) is 26.7 Å². The van der Waals surface area contributed by atoms with Gasteiger partial charge in [0.1, 0.15) is 11.4 Å². The fourth-order valence-corrected chi connectivity index (χ4v) is 3.64. The van der Waals surface area contributed by atoms with Crippen LogP contribution in [0.25, 0.3) is 17.1 Å². The third-order valence-corrected chi connectivity index (χ3v) is 5.48. The molecule has 0 aliphatic carbocycles. The van der Waals surface area contributed by atoms with E-state index in [1.807, 2.05) is 53.0 Å². The Hall–Kier alpha value is -2.82. The second kappa shape index (κ2) is 7.06. The molecule has 5 nitrogen and oxygen atoms in total. The van der Waals surface area contributed by atoms with E-state index in [0.717, 1.165) is 43.0 Å². The Bertz CT molecular complexity index is 943. The minimum atomic E-state index is 0.0652. The van der Waals surface area contributed by atoms with E-state index in [2.05, 4.69) is 26.0 Å². The van der Waals surface area contributed by atoms with E-state index < -0.39 is 0 Å². The average molecular weight is 362 g/mol. The van der Waals surface area contributed by atoms with Gasteiger partial charge in [0, 0.05) is 26.3 Å². The number of carbonyl (C=O) groups excluding carboxylic acids is 1. The van der Waals surface area contributed by atoms with Gasteiger partial charge in [-0.15, -0.1) is 0 Å². The largest absolute Gasteiger partial charge is 0.349 e. The molecule has 0 bridgehead atoms. The van der Waals surface area contributed by atoms with Gasteiger partial charge in [0.05, 0.1) is 11.4 Å². The smallest absolute Gasteiger partial charge is 0.272 e. The summed E-state index contributed by atoms with van der Waals surface area (Å²) in [6, 6.07) is 14.1. The van der Waals surface area contributed by atoms with E-state index in [1.54, 1.807) is 4.68 Å². The molecule has 1 aliphatic rings. The van der Waals surface area contributed by atoms with Crippen LogP contribution in [0.2, 0.25) is 0 Å². The van der Waals surface area contributed by atoms with Crippen LogP contribution >= 0.6 is 0 Å². The molecule has 2 aromatic heterocycles. The SMILES string of the molecule is Cc1ccc(-n2nc(-c3cccn3C)cc2C(=O)N2CCC(C)CC2)cc1. The van der Waals surface area contributed by atoms with Crippen LogP contribution in [0.3, 0.4) is 0 Å². The summed E-state index contributed by atoms with van der Waals surface area (Å²) in [6.45, 7) is 5.95. The fraction of sp³-hybridized carbons (Fsp3) is 0.364. The maximum atomic E-state index is 13.3. The first-order valence-electron chi connectivity index (χ1n) is 9.61. The molecular weight excluding hydrogens is 336 g/mol. The number of aromatic nitrogens is 3. The van der Waals surface area contributed by atoms with Crippen molar-refractivity contribution in [2.24, 2.45) is 13.0 Å². The Labute approximate surface area is 160 Å². The summed E-state index contributed by atoms with van der Waals surface area (Å²) in [7, 11) is 1.99. The molecule has 1 fully saturated rings.